The minimum Gasteiger partial charge on any atom is -0.504 e. The maximum absolute atomic E-state index is 10.3. The molecule has 3 heteroatoms. The summed E-state index contributed by atoms with van der Waals surface area (Å²) in [4.78, 5) is 0. The molecule has 0 aliphatic carbocycles. The lowest BCUT2D eigenvalue weighted by atomic mass is 9.93. The van der Waals surface area contributed by atoms with E-state index in [1.807, 2.05) is 6.92 Å². The first-order chi connectivity index (χ1) is 8.15. The van der Waals surface area contributed by atoms with Crippen LogP contribution in [0.15, 0.2) is 6.07 Å². The molecule has 0 amide bonds. The van der Waals surface area contributed by atoms with Gasteiger partial charge in [0, 0.05) is 11.6 Å². The number of methoxy groups -OCH3 is 1. The Morgan fingerprint density at radius 2 is 2.12 bits per heavy atom. The van der Waals surface area contributed by atoms with Gasteiger partial charge in [-0.3, -0.25) is 0 Å². The van der Waals surface area contributed by atoms with Crippen molar-refractivity contribution in [2.75, 3.05) is 13.7 Å². The van der Waals surface area contributed by atoms with Crippen LogP contribution in [0.1, 0.15) is 42.0 Å². The molecule has 0 aromatic heterocycles. The second-order valence-electron chi connectivity index (χ2n) is 4.79. The molecule has 1 unspecified atom stereocenters. The number of ether oxygens (including phenoxy) is 1. The Labute approximate surface area is 103 Å². The van der Waals surface area contributed by atoms with Crippen molar-refractivity contribution in [3.63, 3.8) is 0 Å². The summed E-state index contributed by atoms with van der Waals surface area (Å²) in [6.45, 7) is 5.06. The number of piperidine rings is 1. The fourth-order valence-electron chi connectivity index (χ4n) is 2.53. The molecule has 0 bridgehead atoms. The molecule has 1 aromatic rings. The quantitative estimate of drug-likeness (QED) is 0.828. The van der Waals surface area contributed by atoms with Crippen molar-refractivity contribution in [3.8, 4) is 11.5 Å². The summed E-state index contributed by atoms with van der Waals surface area (Å²) in [7, 11) is 1.61. The third kappa shape index (κ3) is 2.25. The van der Waals surface area contributed by atoms with Gasteiger partial charge in [-0.25, -0.2) is 0 Å². The standard InChI is InChI=1S/C14H21NO2/c1-9-8-11(12-6-4-5-7-15-12)13(16)14(17-3)10(9)2/h8,12,15-16H,4-7H2,1-3H3. The van der Waals surface area contributed by atoms with Crippen LogP contribution in [0, 0.1) is 13.8 Å². The molecule has 0 radical (unpaired) electrons. The smallest absolute Gasteiger partial charge is 0.163 e. The normalized spacial score (nSPS) is 20.3. The van der Waals surface area contributed by atoms with E-state index in [0.717, 1.165) is 24.1 Å². The minimum atomic E-state index is 0.261. The highest BCUT2D eigenvalue weighted by Gasteiger charge is 2.22. The van der Waals surface area contributed by atoms with Crippen LogP contribution in [0.2, 0.25) is 0 Å². The van der Waals surface area contributed by atoms with Gasteiger partial charge in [-0.15, -0.1) is 0 Å². The maximum atomic E-state index is 10.3. The van der Waals surface area contributed by atoms with Crippen molar-refractivity contribution in [2.24, 2.45) is 0 Å². The maximum Gasteiger partial charge on any atom is 0.163 e. The molecule has 17 heavy (non-hydrogen) atoms. The fraction of sp³-hybridized carbons (Fsp3) is 0.571. The van der Waals surface area contributed by atoms with E-state index in [-0.39, 0.29) is 6.04 Å². The van der Waals surface area contributed by atoms with E-state index in [2.05, 4.69) is 18.3 Å². The lowest BCUT2D eigenvalue weighted by molar-refractivity contribution is 0.352. The summed E-state index contributed by atoms with van der Waals surface area (Å²) in [6, 6.07) is 2.34. The number of benzene rings is 1. The Balaban J connectivity index is 2.42. The first kappa shape index (κ1) is 12.2. The van der Waals surface area contributed by atoms with Gasteiger partial charge in [0.2, 0.25) is 0 Å². The highest BCUT2D eigenvalue weighted by Crippen LogP contribution is 2.40. The summed E-state index contributed by atoms with van der Waals surface area (Å²) in [6.07, 6.45) is 3.52. The fourth-order valence-corrected chi connectivity index (χ4v) is 2.53. The van der Waals surface area contributed by atoms with Gasteiger partial charge in [0.05, 0.1) is 7.11 Å². The van der Waals surface area contributed by atoms with Crippen molar-refractivity contribution in [1.29, 1.82) is 0 Å². The highest BCUT2D eigenvalue weighted by atomic mass is 16.5. The van der Waals surface area contributed by atoms with E-state index in [0.29, 0.717) is 11.5 Å². The molecule has 2 rings (SSSR count). The summed E-state index contributed by atoms with van der Waals surface area (Å²) in [5, 5.41) is 13.7. The lowest BCUT2D eigenvalue weighted by Gasteiger charge is -2.26. The molecule has 94 valence electrons. The Morgan fingerprint density at radius 1 is 1.35 bits per heavy atom. The Hall–Kier alpha value is -1.22. The zero-order chi connectivity index (χ0) is 12.4. The van der Waals surface area contributed by atoms with Gasteiger partial charge in [-0.05, 0) is 44.4 Å². The van der Waals surface area contributed by atoms with Crippen molar-refractivity contribution in [3.05, 3.63) is 22.8 Å². The number of aromatic hydroxyl groups is 1. The van der Waals surface area contributed by atoms with Gasteiger partial charge >= 0.3 is 0 Å². The summed E-state index contributed by atoms with van der Waals surface area (Å²) >= 11 is 0. The molecule has 3 nitrogen and oxygen atoms in total. The van der Waals surface area contributed by atoms with Crippen LogP contribution in [0.3, 0.4) is 0 Å². The average Bonchev–Trinajstić information content (AvgIpc) is 2.36. The van der Waals surface area contributed by atoms with E-state index >= 15 is 0 Å². The third-order valence-electron chi connectivity index (χ3n) is 3.68. The summed E-state index contributed by atoms with van der Waals surface area (Å²) in [5.41, 5.74) is 3.16. The van der Waals surface area contributed by atoms with Crippen LogP contribution in [-0.2, 0) is 0 Å². The number of phenols is 1. The van der Waals surface area contributed by atoms with Crippen molar-refractivity contribution >= 4 is 0 Å². The molecule has 2 N–H and O–H groups in total. The van der Waals surface area contributed by atoms with Crippen molar-refractivity contribution in [2.45, 2.75) is 39.2 Å². The van der Waals surface area contributed by atoms with E-state index < -0.39 is 0 Å². The second-order valence-corrected chi connectivity index (χ2v) is 4.79. The van der Waals surface area contributed by atoms with Crippen LogP contribution in [0.5, 0.6) is 11.5 Å². The number of rotatable bonds is 2. The first-order valence-corrected chi connectivity index (χ1v) is 6.25. The van der Waals surface area contributed by atoms with Gasteiger partial charge in [-0.1, -0.05) is 12.5 Å². The average molecular weight is 235 g/mol. The van der Waals surface area contributed by atoms with Gasteiger partial charge < -0.3 is 15.2 Å². The highest BCUT2D eigenvalue weighted by molar-refractivity contribution is 5.55. The predicted octanol–water partition coefficient (Wildman–Crippen LogP) is 2.83. The molecule has 1 aromatic carbocycles. The van der Waals surface area contributed by atoms with Gasteiger partial charge in [0.1, 0.15) is 0 Å². The number of nitrogens with one attached hydrogen (secondary N) is 1. The number of phenolic OH excluding ortho intramolecular Hbond substituents is 1. The molecule has 1 fully saturated rings. The van der Waals surface area contributed by atoms with Crippen LogP contribution >= 0.6 is 0 Å². The monoisotopic (exact) mass is 235 g/mol. The summed E-state index contributed by atoms with van der Waals surface area (Å²) < 4.78 is 5.31. The third-order valence-corrected chi connectivity index (χ3v) is 3.68. The van der Waals surface area contributed by atoms with Gasteiger partial charge in [-0.2, -0.15) is 0 Å². The zero-order valence-electron chi connectivity index (χ0n) is 10.8. The van der Waals surface area contributed by atoms with Crippen molar-refractivity contribution in [1.82, 2.24) is 5.32 Å². The molecule has 0 saturated carbocycles. The van der Waals surface area contributed by atoms with Crippen LogP contribution in [0.25, 0.3) is 0 Å². The molecule has 0 spiro atoms. The zero-order valence-corrected chi connectivity index (χ0v) is 10.8. The molecular formula is C14H21NO2. The minimum absolute atomic E-state index is 0.261. The van der Waals surface area contributed by atoms with Crippen molar-refractivity contribution < 1.29 is 9.84 Å². The second kappa shape index (κ2) is 4.96. The molecule has 1 saturated heterocycles. The van der Waals surface area contributed by atoms with Gasteiger partial charge in [0.15, 0.2) is 11.5 Å². The van der Waals surface area contributed by atoms with Crippen LogP contribution in [0.4, 0.5) is 0 Å². The van der Waals surface area contributed by atoms with Crippen LogP contribution in [-0.4, -0.2) is 18.8 Å². The molecular weight excluding hydrogens is 214 g/mol. The molecule has 1 heterocycles. The molecule has 1 atom stereocenters. The Bertz CT molecular complexity index is 409. The SMILES string of the molecule is COc1c(C)c(C)cc(C2CCCCN2)c1O. The summed E-state index contributed by atoms with van der Waals surface area (Å²) in [5.74, 6) is 0.919. The largest absolute Gasteiger partial charge is 0.504 e. The van der Waals surface area contributed by atoms with E-state index in [1.54, 1.807) is 7.11 Å². The Kier molecular flexibility index (Phi) is 3.57. The first-order valence-electron chi connectivity index (χ1n) is 6.25. The lowest BCUT2D eigenvalue weighted by Crippen LogP contribution is -2.27. The van der Waals surface area contributed by atoms with E-state index in [1.165, 1.54) is 18.4 Å². The molecule has 1 aliphatic heterocycles. The van der Waals surface area contributed by atoms with E-state index in [4.69, 9.17) is 4.74 Å². The molecule has 1 aliphatic rings. The van der Waals surface area contributed by atoms with Crippen LogP contribution < -0.4 is 10.1 Å². The Morgan fingerprint density at radius 3 is 2.71 bits per heavy atom. The number of hydrogen-bond acceptors (Lipinski definition) is 3. The van der Waals surface area contributed by atoms with Gasteiger partial charge in [0.25, 0.3) is 0 Å². The number of aryl methyl sites for hydroxylation is 1. The predicted molar refractivity (Wildman–Crippen MR) is 68.7 cm³/mol. The number of hydrogen-bond donors (Lipinski definition) is 2. The van der Waals surface area contributed by atoms with E-state index in [9.17, 15) is 5.11 Å². The topological polar surface area (TPSA) is 41.5 Å².